The zero-order valence-corrected chi connectivity index (χ0v) is 11.5. The summed E-state index contributed by atoms with van der Waals surface area (Å²) in [4.78, 5) is 47.1. The van der Waals surface area contributed by atoms with Crippen molar-refractivity contribution in [1.82, 2.24) is 0 Å². The average molecular weight is 300 g/mol. The van der Waals surface area contributed by atoms with Gasteiger partial charge in [-0.05, 0) is 23.5 Å². The molecule has 0 radical (unpaired) electrons. The zero-order valence-electron chi connectivity index (χ0n) is 11.5. The maximum atomic E-state index is 11.9. The van der Waals surface area contributed by atoms with E-state index in [0.29, 0.717) is 12.0 Å². The van der Waals surface area contributed by atoms with Gasteiger partial charge in [0.1, 0.15) is 0 Å². The summed E-state index contributed by atoms with van der Waals surface area (Å²) in [5, 5.41) is 0. The Balaban J connectivity index is 1.81. The summed E-state index contributed by atoms with van der Waals surface area (Å²) in [5.41, 5.74) is 1.54. The van der Waals surface area contributed by atoms with E-state index in [1.807, 2.05) is 12.1 Å². The first kappa shape index (κ1) is 13.2. The molecule has 6 nitrogen and oxygen atoms in total. The van der Waals surface area contributed by atoms with Crippen LogP contribution in [0.5, 0.6) is 0 Å². The van der Waals surface area contributed by atoms with Crippen molar-refractivity contribution in [3.8, 4) is 0 Å². The molecule has 2 saturated heterocycles. The number of rotatable bonds is 1. The number of ether oxygens (including phenoxy) is 2. The summed E-state index contributed by atoms with van der Waals surface area (Å²) in [6.45, 7) is 0. The zero-order chi connectivity index (χ0) is 15.4. The van der Waals surface area contributed by atoms with Crippen LogP contribution in [0.3, 0.4) is 0 Å². The normalized spacial score (nSPS) is 33.3. The molecule has 3 aliphatic rings. The monoisotopic (exact) mass is 300 g/mol. The Bertz CT molecular complexity index is 721. The first-order valence-corrected chi connectivity index (χ1v) is 7.15. The molecule has 4 rings (SSSR count). The van der Waals surface area contributed by atoms with Crippen molar-refractivity contribution in [2.24, 2.45) is 11.8 Å². The molecule has 22 heavy (non-hydrogen) atoms. The molecule has 2 heterocycles. The molecule has 0 amide bonds. The molecule has 3 unspecified atom stereocenters. The minimum absolute atomic E-state index is 0.0121. The van der Waals surface area contributed by atoms with Crippen LogP contribution in [0.1, 0.15) is 35.8 Å². The molecule has 0 saturated carbocycles. The molecule has 0 spiro atoms. The van der Waals surface area contributed by atoms with Crippen molar-refractivity contribution in [2.45, 2.75) is 24.7 Å². The highest BCUT2D eigenvalue weighted by Gasteiger charge is 2.53. The van der Waals surface area contributed by atoms with Crippen molar-refractivity contribution >= 4 is 23.9 Å². The van der Waals surface area contributed by atoms with E-state index >= 15 is 0 Å². The summed E-state index contributed by atoms with van der Waals surface area (Å²) in [5.74, 6) is -4.28. The minimum atomic E-state index is -0.604. The number of hydrogen-bond donors (Lipinski definition) is 0. The lowest BCUT2D eigenvalue weighted by Gasteiger charge is -2.32. The average Bonchev–Trinajstić information content (AvgIpc) is 2.97. The molecule has 0 bridgehead atoms. The van der Waals surface area contributed by atoms with E-state index < -0.39 is 41.6 Å². The van der Waals surface area contributed by atoms with Crippen LogP contribution in [-0.2, 0) is 28.7 Å². The van der Waals surface area contributed by atoms with Crippen LogP contribution in [0.2, 0.25) is 0 Å². The quantitative estimate of drug-likeness (QED) is 0.569. The van der Waals surface area contributed by atoms with E-state index in [9.17, 15) is 19.2 Å². The topological polar surface area (TPSA) is 86.7 Å². The van der Waals surface area contributed by atoms with Gasteiger partial charge in [-0.15, -0.1) is 0 Å². The van der Waals surface area contributed by atoms with Crippen LogP contribution in [0.15, 0.2) is 24.3 Å². The number of benzene rings is 1. The van der Waals surface area contributed by atoms with E-state index in [0.717, 1.165) is 5.56 Å². The Hall–Kier alpha value is -2.50. The SMILES string of the molecule is O=C1C[C@@H](C2CC3C(=O)OC(=O)C3c3ccccc32)C(=O)O1. The van der Waals surface area contributed by atoms with E-state index in [4.69, 9.17) is 4.74 Å². The largest absolute Gasteiger partial charge is 0.393 e. The van der Waals surface area contributed by atoms with Gasteiger partial charge in [0.15, 0.2) is 0 Å². The number of carbonyl (C=O) groups excluding carboxylic acids is 4. The smallest absolute Gasteiger partial charge is 0.321 e. The minimum Gasteiger partial charge on any atom is -0.393 e. The van der Waals surface area contributed by atoms with E-state index in [-0.39, 0.29) is 12.3 Å². The second-order valence-electron chi connectivity index (χ2n) is 5.90. The van der Waals surface area contributed by atoms with Crippen LogP contribution < -0.4 is 0 Å². The van der Waals surface area contributed by atoms with Crippen LogP contribution in [0, 0.1) is 11.8 Å². The molecule has 112 valence electrons. The Morgan fingerprint density at radius 2 is 1.45 bits per heavy atom. The van der Waals surface area contributed by atoms with Crippen molar-refractivity contribution in [3.05, 3.63) is 35.4 Å². The molecule has 6 heteroatoms. The van der Waals surface area contributed by atoms with E-state index in [2.05, 4.69) is 4.74 Å². The highest BCUT2D eigenvalue weighted by atomic mass is 16.6. The van der Waals surface area contributed by atoms with Gasteiger partial charge in [0.25, 0.3) is 0 Å². The Morgan fingerprint density at radius 3 is 2.14 bits per heavy atom. The lowest BCUT2D eigenvalue weighted by Crippen LogP contribution is -2.31. The van der Waals surface area contributed by atoms with Crippen molar-refractivity contribution in [3.63, 3.8) is 0 Å². The van der Waals surface area contributed by atoms with Gasteiger partial charge in [0.2, 0.25) is 0 Å². The van der Waals surface area contributed by atoms with Gasteiger partial charge < -0.3 is 9.47 Å². The van der Waals surface area contributed by atoms with Crippen LogP contribution in [0.25, 0.3) is 0 Å². The molecule has 0 aromatic heterocycles. The number of fused-ring (bicyclic) bond motifs is 3. The van der Waals surface area contributed by atoms with Crippen molar-refractivity contribution in [1.29, 1.82) is 0 Å². The molecular weight excluding hydrogens is 288 g/mol. The number of carbonyl (C=O) groups is 4. The predicted octanol–water partition coefficient (Wildman–Crippen LogP) is 1.05. The number of cyclic esters (lactones) is 4. The van der Waals surface area contributed by atoms with Gasteiger partial charge in [0.05, 0.1) is 24.2 Å². The molecule has 1 aromatic rings. The standard InChI is InChI=1S/C16H12O6/c17-12-6-10(14(18)21-12)9-5-11-13(16(20)22-15(11)19)8-4-2-1-3-7(8)9/h1-4,9-11,13H,5-6H2/t9?,10-,11?,13?/m0/s1. The maximum Gasteiger partial charge on any atom is 0.321 e. The second-order valence-corrected chi connectivity index (χ2v) is 5.90. The maximum absolute atomic E-state index is 11.9. The van der Waals surface area contributed by atoms with Gasteiger partial charge in [-0.2, -0.15) is 0 Å². The molecular formula is C16H12O6. The van der Waals surface area contributed by atoms with E-state index in [1.54, 1.807) is 12.1 Å². The Labute approximate surface area is 125 Å². The summed E-state index contributed by atoms with van der Waals surface area (Å²) in [6, 6.07) is 7.21. The van der Waals surface area contributed by atoms with Gasteiger partial charge in [-0.25, -0.2) is 0 Å². The molecule has 0 N–H and O–H groups in total. The molecule has 1 aliphatic carbocycles. The third-order valence-electron chi connectivity index (χ3n) is 4.79. The third kappa shape index (κ3) is 1.73. The van der Waals surface area contributed by atoms with Crippen LogP contribution in [-0.4, -0.2) is 23.9 Å². The second kappa shape index (κ2) is 4.50. The van der Waals surface area contributed by atoms with Gasteiger partial charge in [0, 0.05) is 0 Å². The molecule has 2 aliphatic heterocycles. The number of hydrogen-bond acceptors (Lipinski definition) is 6. The molecule has 2 fully saturated rings. The molecule has 1 aromatic carbocycles. The first-order valence-electron chi connectivity index (χ1n) is 7.15. The molecule has 4 atom stereocenters. The first-order chi connectivity index (χ1) is 10.6. The Kier molecular flexibility index (Phi) is 2.69. The fourth-order valence-electron chi connectivity index (χ4n) is 3.83. The van der Waals surface area contributed by atoms with E-state index in [1.165, 1.54) is 0 Å². The fraction of sp³-hybridized carbons (Fsp3) is 0.375. The van der Waals surface area contributed by atoms with Crippen LogP contribution in [0.4, 0.5) is 0 Å². The van der Waals surface area contributed by atoms with Crippen LogP contribution >= 0.6 is 0 Å². The summed E-state index contributed by atoms with van der Waals surface area (Å²) >= 11 is 0. The van der Waals surface area contributed by atoms with Crippen molar-refractivity contribution in [2.75, 3.05) is 0 Å². The predicted molar refractivity (Wildman–Crippen MR) is 70.3 cm³/mol. The Morgan fingerprint density at radius 1 is 0.773 bits per heavy atom. The fourth-order valence-corrected chi connectivity index (χ4v) is 3.83. The summed E-state index contributed by atoms with van der Waals surface area (Å²) in [7, 11) is 0. The summed E-state index contributed by atoms with van der Waals surface area (Å²) in [6.07, 6.45) is 0.331. The van der Waals surface area contributed by atoms with Crippen molar-refractivity contribution < 1.29 is 28.7 Å². The third-order valence-corrected chi connectivity index (χ3v) is 4.79. The van der Waals surface area contributed by atoms with Gasteiger partial charge >= 0.3 is 23.9 Å². The number of esters is 4. The highest BCUT2D eigenvalue weighted by molar-refractivity contribution is 6.01. The lowest BCUT2D eigenvalue weighted by molar-refractivity contribution is -0.155. The lowest BCUT2D eigenvalue weighted by atomic mass is 9.67. The van der Waals surface area contributed by atoms with Gasteiger partial charge in [-0.1, -0.05) is 24.3 Å². The highest BCUT2D eigenvalue weighted by Crippen LogP contribution is 2.50. The van der Waals surface area contributed by atoms with Gasteiger partial charge in [-0.3, -0.25) is 19.2 Å². The summed E-state index contributed by atoms with van der Waals surface area (Å²) < 4.78 is 9.40.